The fraction of sp³-hybridized carbons (Fsp3) is 0.750. The van der Waals surface area contributed by atoms with Crippen molar-refractivity contribution in [3.05, 3.63) is 12.2 Å². The molecule has 1 N–H and O–H groups in total. The Bertz CT molecular complexity index is 530. The van der Waals surface area contributed by atoms with Crippen molar-refractivity contribution in [1.29, 1.82) is 0 Å². The van der Waals surface area contributed by atoms with Gasteiger partial charge in [0, 0.05) is 25.9 Å². The van der Waals surface area contributed by atoms with Gasteiger partial charge in [-0.05, 0) is 44.9 Å². The van der Waals surface area contributed by atoms with Gasteiger partial charge >= 0.3 is 11.9 Å². The molecule has 27 heavy (non-hydrogen) atoms. The van der Waals surface area contributed by atoms with Gasteiger partial charge in [-0.15, -0.1) is 0 Å². The molecule has 2 fully saturated rings. The van der Waals surface area contributed by atoms with Crippen LogP contribution < -0.4 is 0 Å². The quantitative estimate of drug-likeness (QED) is 0.268. The monoisotopic (exact) mass is 382 g/mol. The van der Waals surface area contributed by atoms with Crippen LogP contribution in [-0.4, -0.2) is 48.4 Å². The van der Waals surface area contributed by atoms with E-state index >= 15 is 0 Å². The number of allylic oxidation sites excluding steroid dienone is 2. The minimum absolute atomic E-state index is 0.00227. The van der Waals surface area contributed by atoms with Crippen molar-refractivity contribution >= 4 is 18.2 Å². The van der Waals surface area contributed by atoms with Crippen LogP contribution in [-0.2, 0) is 28.6 Å². The van der Waals surface area contributed by atoms with E-state index in [0.717, 1.165) is 32.0 Å². The second-order valence-corrected chi connectivity index (χ2v) is 7.24. The zero-order valence-corrected chi connectivity index (χ0v) is 15.9. The van der Waals surface area contributed by atoms with Gasteiger partial charge in [0.25, 0.3) is 0 Å². The number of carbonyl (C=O) groups is 3. The van der Waals surface area contributed by atoms with Gasteiger partial charge in [0.05, 0.1) is 12.0 Å². The SMILES string of the molecule is CC(=O)O[C@H]1CCC(O[C@H]2OCCC[C@@H]2C=O)C1CC=CCCCC(=O)O. The standard InChI is InChI=1S/C20H30O7/c1-14(22)26-17-10-11-18(27-20-15(13-21)7-6-12-25-20)16(17)8-4-2-3-5-9-19(23)24/h2,4,13,15-18,20H,3,5-12H2,1H3,(H,23,24)/t15-,16?,17+,18?,20-/m1/s1. The van der Waals surface area contributed by atoms with Crippen molar-refractivity contribution < 1.29 is 33.7 Å². The van der Waals surface area contributed by atoms with E-state index in [9.17, 15) is 14.4 Å². The third-order valence-electron chi connectivity index (χ3n) is 5.14. The van der Waals surface area contributed by atoms with Crippen molar-refractivity contribution in [2.45, 2.75) is 76.8 Å². The number of carboxylic acids is 1. The molecule has 2 aliphatic rings. The fourth-order valence-electron chi connectivity index (χ4n) is 3.79. The van der Waals surface area contributed by atoms with E-state index < -0.39 is 12.3 Å². The number of hydrogen-bond acceptors (Lipinski definition) is 6. The smallest absolute Gasteiger partial charge is 0.303 e. The van der Waals surface area contributed by atoms with Gasteiger partial charge in [0.15, 0.2) is 6.29 Å². The van der Waals surface area contributed by atoms with E-state index in [1.165, 1.54) is 6.92 Å². The highest BCUT2D eigenvalue weighted by Crippen LogP contribution is 2.36. The summed E-state index contributed by atoms with van der Waals surface area (Å²) in [6.07, 6.45) is 9.21. The van der Waals surface area contributed by atoms with Gasteiger partial charge in [0.1, 0.15) is 12.4 Å². The Morgan fingerprint density at radius 3 is 2.67 bits per heavy atom. The first-order chi connectivity index (χ1) is 13.0. The Balaban J connectivity index is 1.92. The Hall–Kier alpha value is -1.73. The van der Waals surface area contributed by atoms with Crippen molar-refractivity contribution in [1.82, 2.24) is 0 Å². The summed E-state index contributed by atoms with van der Waals surface area (Å²) in [4.78, 5) is 33.2. The van der Waals surface area contributed by atoms with Crippen LogP contribution >= 0.6 is 0 Å². The van der Waals surface area contributed by atoms with Crippen LogP contribution in [0.1, 0.15) is 58.3 Å². The molecule has 1 saturated carbocycles. The Morgan fingerprint density at radius 1 is 1.19 bits per heavy atom. The molecule has 0 aromatic heterocycles. The van der Waals surface area contributed by atoms with Crippen molar-refractivity contribution in [3.8, 4) is 0 Å². The van der Waals surface area contributed by atoms with Crippen LogP contribution in [0.4, 0.5) is 0 Å². The number of carboxylic acid groups (broad SMARTS) is 1. The van der Waals surface area contributed by atoms with Gasteiger partial charge in [-0.25, -0.2) is 0 Å². The summed E-state index contributed by atoms with van der Waals surface area (Å²) < 4.78 is 17.3. The molecule has 1 aliphatic carbocycles. The first-order valence-electron chi connectivity index (χ1n) is 9.77. The van der Waals surface area contributed by atoms with E-state index in [0.29, 0.717) is 25.9 Å². The van der Waals surface area contributed by atoms with E-state index in [1.54, 1.807) is 0 Å². The highest BCUT2D eigenvalue weighted by Gasteiger charge is 2.41. The number of aldehydes is 1. The van der Waals surface area contributed by atoms with Crippen LogP contribution in [0.15, 0.2) is 12.2 Å². The molecular weight excluding hydrogens is 352 g/mol. The van der Waals surface area contributed by atoms with Crippen molar-refractivity contribution in [3.63, 3.8) is 0 Å². The largest absolute Gasteiger partial charge is 0.481 e. The summed E-state index contributed by atoms with van der Waals surface area (Å²) in [6, 6.07) is 0. The summed E-state index contributed by atoms with van der Waals surface area (Å²) in [5, 5.41) is 8.67. The van der Waals surface area contributed by atoms with E-state index in [2.05, 4.69) is 0 Å². The average molecular weight is 382 g/mol. The zero-order chi connectivity index (χ0) is 19.6. The van der Waals surface area contributed by atoms with Crippen LogP contribution in [0.2, 0.25) is 0 Å². The first kappa shape index (κ1) is 21.6. The molecule has 7 heteroatoms. The predicted molar refractivity (Wildman–Crippen MR) is 96.9 cm³/mol. The molecule has 5 atom stereocenters. The summed E-state index contributed by atoms with van der Waals surface area (Å²) in [5.41, 5.74) is 0. The summed E-state index contributed by atoms with van der Waals surface area (Å²) >= 11 is 0. The van der Waals surface area contributed by atoms with Gasteiger partial charge in [-0.3, -0.25) is 9.59 Å². The lowest BCUT2D eigenvalue weighted by atomic mass is 9.97. The topological polar surface area (TPSA) is 99.1 Å². The molecule has 0 aromatic rings. The lowest BCUT2D eigenvalue weighted by Gasteiger charge is -2.32. The predicted octanol–water partition coefficient (Wildman–Crippen LogP) is 2.87. The summed E-state index contributed by atoms with van der Waals surface area (Å²) in [7, 11) is 0. The molecule has 7 nitrogen and oxygen atoms in total. The molecule has 2 rings (SSSR count). The van der Waals surface area contributed by atoms with Crippen molar-refractivity contribution in [2.24, 2.45) is 11.8 Å². The van der Waals surface area contributed by atoms with E-state index in [-0.39, 0.29) is 36.4 Å². The maximum atomic E-state index is 11.4. The Kier molecular flexibility index (Phi) is 8.94. The highest BCUT2D eigenvalue weighted by molar-refractivity contribution is 5.66. The normalized spacial score (nSPS) is 31.1. The lowest BCUT2D eigenvalue weighted by molar-refractivity contribution is -0.218. The number of carbonyl (C=O) groups excluding carboxylic acids is 2. The van der Waals surface area contributed by atoms with Gasteiger partial charge in [-0.1, -0.05) is 12.2 Å². The van der Waals surface area contributed by atoms with Crippen molar-refractivity contribution in [2.75, 3.05) is 6.61 Å². The fourth-order valence-corrected chi connectivity index (χ4v) is 3.79. The van der Waals surface area contributed by atoms with Gasteiger partial charge < -0.3 is 24.1 Å². The van der Waals surface area contributed by atoms with Gasteiger partial charge in [0.2, 0.25) is 0 Å². The molecule has 0 spiro atoms. The van der Waals surface area contributed by atoms with E-state index in [4.69, 9.17) is 19.3 Å². The van der Waals surface area contributed by atoms with Crippen LogP contribution in [0.25, 0.3) is 0 Å². The van der Waals surface area contributed by atoms with E-state index in [1.807, 2.05) is 12.2 Å². The van der Waals surface area contributed by atoms with Crippen LogP contribution in [0.3, 0.4) is 0 Å². The highest BCUT2D eigenvalue weighted by atomic mass is 16.7. The second-order valence-electron chi connectivity index (χ2n) is 7.24. The summed E-state index contributed by atoms with van der Waals surface area (Å²) in [6.45, 7) is 1.99. The number of ether oxygens (including phenoxy) is 3. The third kappa shape index (κ3) is 7.07. The number of rotatable bonds is 10. The molecule has 0 radical (unpaired) electrons. The molecular formula is C20H30O7. The summed E-state index contributed by atoms with van der Waals surface area (Å²) in [5.74, 6) is -1.35. The Morgan fingerprint density at radius 2 is 1.96 bits per heavy atom. The number of aliphatic carboxylic acids is 1. The van der Waals surface area contributed by atoms with Gasteiger partial charge in [-0.2, -0.15) is 0 Å². The molecule has 0 bridgehead atoms. The van der Waals surface area contributed by atoms with Crippen LogP contribution in [0.5, 0.6) is 0 Å². The lowest BCUT2D eigenvalue weighted by Crippen LogP contribution is -2.38. The molecule has 1 heterocycles. The molecule has 2 unspecified atom stereocenters. The molecule has 0 amide bonds. The minimum Gasteiger partial charge on any atom is -0.481 e. The minimum atomic E-state index is -0.792. The van der Waals surface area contributed by atoms with Crippen LogP contribution in [0, 0.1) is 11.8 Å². The maximum Gasteiger partial charge on any atom is 0.303 e. The average Bonchev–Trinajstić information content (AvgIpc) is 2.99. The Labute approximate surface area is 160 Å². The molecule has 1 aliphatic heterocycles. The third-order valence-corrected chi connectivity index (χ3v) is 5.14. The molecule has 0 aromatic carbocycles. The molecule has 1 saturated heterocycles. The number of unbranched alkanes of at least 4 members (excludes halogenated alkanes) is 1. The maximum absolute atomic E-state index is 11.4. The molecule has 152 valence electrons. The zero-order valence-electron chi connectivity index (χ0n) is 15.9. The number of hydrogen-bond donors (Lipinski definition) is 1. The second kappa shape index (κ2) is 11.2. The first-order valence-corrected chi connectivity index (χ1v) is 9.77. The number of esters is 1.